The van der Waals surface area contributed by atoms with Crippen LogP contribution in [0.4, 0.5) is 11.5 Å². The van der Waals surface area contributed by atoms with E-state index >= 15 is 0 Å². The second-order valence-electron chi connectivity index (χ2n) is 7.17. The molecule has 0 amide bonds. The average Bonchev–Trinajstić information content (AvgIpc) is 3.21. The largest absolute Gasteiger partial charge is 0.370 e. The molecule has 154 valence electrons. The van der Waals surface area contributed by atoms with Crippen LogP contribution in [-0.2, 0) is 6.42 Å². The first kappa shape index (κ1) is 21.3. The highest BCUT2D eigenvalue weighted by Gasteiger charge is 2.23. The lowest BCUT2D eigenvalue weighted by atomic mass is 9.98. The predicted molar refractivity (Wildman–Crippen MR) is 127 cm³/mol. The quantitative estimate of drug-likeness (QED) is 0.314. The van der Waals surface area contributed by atoms with E-state index in [0.717, 1.165) is 49.5 Å². The van der Waals surface area contributed by atoms with Gasteiger partial charge in [-0.05, 0) is 42.9 Å². The second-order valence-corrected chi connectivity index (χ2v) is 7.17. The van der Waals surface area contributed by atoms with Crippen molar-refractivity contribution in [3.8, 4) is 0 Å². The molecule has 8 nitrogen and oxygen atoms in total. The number of anilines is 2. The van der Waals surface area contributed by atoms with Crippen LogP contribution in [0.3, 0.4) is 0 Å². The van der Waals surface area contributed by atoms with E-state index in [2.05, 4.69) is 49.4 Å². The molecule has 4 rings (SSSR count). The molecular weight excluding hydrogens is 479 g/mol. The fourth-order valence-corrected chi connectivity index (χ4v) is 3.66. The Morgan fingerprint density at radius 3 is 3.14 bits per heavy atom. The fraction of sp³-hybridized carbons (Fsp3) is 0.400. The highest BCUT2D eigenvalue weighted by atomic mass is 127. The van der Waals surface area contributed by atoms with E-state index < -0.39 is 0 Å². The molecule has 0 saturated carbocycles. The number of aryl methyl sites for hydroxylation is 1. The summed E-state index contributed by atoms with van der Waals surface area (Å²) >= 11 is 0. The Kier molecular flexibility index (Phi) is 7.24. The van der Waals surface area contributed by atoms with Crippen LogP contribution in [0.15, 0.2) is 48.0 Å². The van der Waals surface area contributed by atoms with Crippen molar-refractivity contribution in [2.24, 2.45) is 16.6 Å². The normalized spacial score (nSPS) is 17.2. The average molecular weight is 506 g/mol. The van der Waals surface area contributed by atoms with Crippen molar-refractivity contribution in [2.45, 2.75) is 26.2 Å². The van der Waals surface area contributed by atoms with Crippen LogP contribution in [0.1, 0.15) is 25.3 Å². The van der Waals surface area contributed by atoms with E-state index in [1.807, 2.05) is 22.7 Å². The van der Waals surface area contributed by atoms with Gasteiger partial charge in [0.25, 0.3) is 0 Å². The smallest absolute Gasteiger partial charge is 0.203 e. The van der Waals surface area contributed by atoms with Gasteiger partial charge in [0.05, 0.1) is 0 Å². The maximum atomic E-state index is 6.11. The van der Waals surface area contributed by atoms with Crippen LogP contribution in [0, 0.1) is 5.92 Å². The van der Waals surface area contributed by atoms with Crippen LogP contribution in [0.2, 0.25) is 0 Å². The third kappa shape index (κ3) is 5.14. The summed E-state index contributed by atoms with van der Waals surface area (Å²) in [6, 6.07) is 8.26. The van der Waals surface area contributed by atoms with E-state index in [1.54, 1.807) is 12.5 Å². The number of hydrogen-bond acceptors (Lipinski definition) is 5. The molecule has 9 heteroatoms. The molecule has 1 saturated heterocycles. The van der Waals surface area contributed by atoms with Gasteiger partial charge in [-0.15, -0.1) is 34.2 Å². The Morgan fingerprint density at radius 1 is 1.38 bits per heavy atom. The number of aromatic nitrogens is 4. The summed E-state index contributed by atoms with van der Waals surface area (Å²) in [5, 5.41) is 11.4. The number of piperidine rings is 1. The fourth-order valence-electron chi connectivity index (χ4n) is 3.66. The van der Waals surface area contributed by atoms with Crippen LogP contribution >= 0.6 is 24.0 Å². The second kappa shape index (κ2) is 9.86. The Morgan fingerprint density at radius 2 is 2.28 bits per heavy atom. The lowest BCUT2D eigenvalue weighted by molar-refractivity contribution is 0.422. The molecule has 1 atom stereocenters. The summed E-state index contributed by atoms with van der Waals surface area (Å²) in [4.78, 5) is 11.4. The van der Waals surface area contributed by atoms with Crippen molar-refractivity contribution in [3.63, 3.8) is 0 Å². The molecular formula is C20H27IN8. The highest BCUT2D eigenvalue weighted by molar-refractivity contribution is 14.0. The zero-order chi connectivity index (χ0) is 19.3. The Bertz CT molecular complexity index is 970. The van der Waals surface area contributed by atoms with Gasteiger partial charge in [-0.2, -0.15) is 0 Å². The summed E-state index contributed by atoms with van der Waals surface area (Å²) in [6.45, 7) is 4.69. The predicted octanol–water partition coefficient (Wildman–Crippen LogP) is 2.95. The molecule has 1 fully saturated rings. The van der Waals surface area contributed by atoms with E-state index in [1.165, 1.54) is 5.56 Å². The lowest BCUT2D eigenvalue weighted by Crippen LogP contribution is -2.38. The number of aliphatic imine (C=N–C) groups is 1. The summed E-state index contributed by atoms with van der Waals surface area (Å²) in [6.07, 6.45) is 8.59. The summed E-state index contributed by atoms with van der Waals surface area (Å²) in [5.74, 6) is 1.78. The minimum Gasteiger partial charge on any atom is -0.370 e. The number of hydrogen-bond donors (Lipinski definition) is 2. The minimum absolute atomic E-state index is 0. The van der Waals surface area contributed by atoms with Gasteiger partial charge in [-0.25, -0.2) is 4.98 Å². The van der Waals surface area contributed by atoms with Gasteiger partial charge in [0.2, 0.25) is 5.65 Å². The molecule has 29 heavy (non-hydrogen) atoms. The van der Waals surface area contributed by atoms with Crippen LogP contribution in [-0.4, -0.2) is 45.2 Å². The number of nitrogens with zero attached hydrogens (tertiary/aromatic N) is 6. The maximum absolute atomic E-state index is 6.11. The number of halogens is 1. The Labute approximate surface area is 187 Å². The summed E-state index contributed by atoms with van der Waals surface area (Å²) in [5.41, 5.74) is 9.16. The topological polar surface area (TPSA) is 96.7 Å². The van der Waals surface area contributed by atoms with E-state index in [0.29, 0.717) is 18.4 Å². The van der Waals surface area contributed by atoms with Crippen molar-refractivity contribution < 1.29 is 0 Å². The van der Waals surface area contributed by atoms with Gasteiger partial charge in [0.1, 0.15) is 6.33 Å². The lowest BCUT2D eigenvalue weighted by Gasteiger charge is -2.32. The molecule has 1 aliphatic rings. The third-order valence-electron chi connectivity index (χ3n) is 5.14. The van der Waals surface area contributed by atoms with Crippen molar-refractivity contribution in [1.29, 1.82) is 0 Å². The molecule has 0 radical (unpaired) electrons. The van der Waals surface area contributed by atoms with Crippen LogP contribution < -0.4 is 16.0 Å². The first-order valence-electron chi connectivity index (χ1n) is 9.78. The van der Waals surface area contributed by atoms with E-state index in [4.69, 9.17) is 5.73 Å². The van der Waals surface area contributed by atoms with Gasteiger partial charge in [0.15, 0.2) is 11.8 Å². The van der Waals surface area contributed by atoms with Crippen molar-refractivity contribution in [2.75, 3.05) is 29.9 Å². The zero-order valence-electron chi connectivity index (χ0n) is 16.5. The molecule has 0 aliphatic carbocycles. The molecule has 3 aromatic rings. The van der Waals surface area contributed by atoms with Gasteiger partial charge >= 0.3 is 0 Å². The van der Waals surface area contributed by atoms with Crippen LogP contribution in [0.25, 0.3) is 5.65 Å². The summed E-state index contributed by atoms with van der Waals surface area (Å²) < 4.78 is 1.90. The molecule has 1 unspecified atom stereocenters. The van der Waals surface area contributed by atoms with E-state index in [9.17, 15) is 0 Å². The number of nitrogens with one attached hydrogen (secondary N) is 1. The minimum atomic E-state index is 0. The van der Waals surface area contributed by atoms with E-state index in [-0.39, 0.29) is 24.0 Å². The Balaban J connectivity index is 0.00000240. The zero-order valence-corrected chi connectivity index (χ0v) is 18.9. The molecule has 3 N–H and O–H groups in total. The van der Waals surface area contributed by atoms with Crippen LogP contribution in [0.5, 0.6) is 0 Å². The first-order chi connectivity index (χ1) is 13.7. The number of guanidine groups is 1. The number of rotatable bonds is 5. The molecule has 1 aromatic carbocycles. The summed E-state index contributed by atoms with van der Waals surface area (Å²) in [7, 11) is 0. The number of fused-ring (bicyclic) bond motifs is 1. The van der Waals surface area contributed by atoms with Gasteiger partial charge in [-0.3, -0.25) is 9.39 Å². The standard InChI is InChI=1S/C20H26N8.HI/c1-2-15-5-3-7-17(11-15)25-20(21)23-12-16-6-4-9-27(13-16)18-19-26-24-14-28(19)10-8-22-18;/h3,5,7-8,10-11,14,16H,2,4,6,9,12-13H2,1H3,(H3,21,23,25);1H. The van der Waals surface area contributed by atoms with Gasteiger partial charge < -0.3 is 16.0 Å². The first-order valence-corrected chi connectivity index (χ1v) is 9.78. The number of benzene rings is 1. The number of nitrogens with two attached hydrogens (primary N) is 1. The maximum Gasteiger partial charge on any atom is 0.203 e. The Hall–Kier alpha value is -2.43. The molecule has 0 bridgehead atoms. The van der Waals surface area contributed by atoms with Crippen molar-refractivity contribution >= 4 is 47.1 Å². The molecule has 3 heterocycles. The van der Waals surface area contributed by atoms with Gasteiger partial charge in [-0.1, -0.05) is 19.1 Å². The van der Waals surface area contributed by atoms with Gasteiger partial charge in [0, 0.05) is 37.7 Å². The van der Waals surface area contributed by atoms with Crippen molar-refractivity contribution in [3.05, 3.63) is 48.5 Å². The highest BCUT2D eigenvalue weighted by Crippen LogP contribution is 2.24. The monoisotopic (exact) mass is 506 g/mol. The molecule has 2 aromatic heterocycles. The SMILES string of the molecule is CCc1cccc(NC(N)=NCC2CCCN(c3nccn4cnnc34)C2)c1.I. The van der Waals surface area contributed by atoms with Crippen molar-refractivity contribution in [1.82, 2.24) is 19.6 Å². The molecule has 0 spiro atoms. The third-order valence-corrected chi connectivity index (χ3v) is 5.14. The molecule has 1 aliphatic heterocycles.